The summed E-state index contributed by atoms with van der Waals surface area (Å²) in [4.78, 5) is 51.5. The van der Waals surface area contributed by atoms with Crippen LogP contribution in [0.2, 0.25) is 5.02 Å². The minimum absolute atomic E-state index is 0.174. The molecule has 0 spiro atoms. The fourth-order valence-corrected chi connectivity index (χ4v) is 3.62. The molecule has 0 aliphatic carbocycles. The lowest BCUT2D eigenvalue weighted by atomic mass is 10.1. The van der Waals surface area contributed by atoms with Crippen LogP contribution < -0.4 is 5.32 Å². The van der Waals surface area contributed by atoms with Crippen molar-refractivity contribution in [1.29, 1.82) is 0 Å². The third kappa shape index (κ3) is 5.08. The Hall–Kier alpha value is -3.75. The number of hydrogen-bond donors (Lipinski definition) is 1. The van der Waals surface area contributed by atoms with E-state index in [1.165, 1.54) is 18.2 Å². The summed E-state index contributed by atoms with van der Waals surface area (Å²) in [6.45, 7) is -0.600. The number of imide groups is 1. The number of nitrogens with one attached hydrogen (secondary N) is 1. The summed E-state index contributed by atoms with van der Waals surface area (Å²) in [6, 6.07) is 19.5. The van der Waals surface area contributed by atoms with E-state index in [-0.39, 0.29) is 16.8 Å². The zero-order valence-electron chi connectivity index (χ0n) is 17.5. The van der Waals surface area contributed by atoms with Crippen molar-refractivity contribution in [2.45, 2.75) is 0 Å². The van der Waals surface area contributed by atoms with E-state index in [9.17, 15) is 19.2 Å². The van der Waals surface area contributed by atoms with E-state index in [0.717, 1.165) is 9.37 Å². The maximum Gasteiger partial charge on any atom is 0.356 e. The van der Waals surface area contributed by atoms with Gasteiger partial charge in [-0.2, -0.15) is 0 Å². The van der Waals surface area contributed by atoms with Gasteiger partial charge in [-0.3, -0.25) is 14.4 Å². The van der Waals surface area contributed by atoms with Crippen LogP contribution in [0.4, 0.5) is 0 Å². The Morgan fingerprint density at radius 2 is 1.50 bits per heavy atom. The Morgan fingerprint density at radius 3 is 2.09 bits per heavy atom. The predicted octanol–water partition coefficient (Wildman–Crippen LogP) is 4.67. The zero-order chi connectivity index (χ0) is 24.2. The largest absolute Gasteiger partial charge is 0.439 e. The summed E-state index contributed by atoms with van der Waals surface area (Å²) in [5.41, 5.74) is 1.20. The first-order valence-electron chi connectivity index (χ1n) is 10.00. The number of nitrogens with zero attached hydrogens (tertiary/aromatic N) is 1. The fourth-order valence-electron chi connectivity index (χ4n) is 3.22. The van der Waals surface area contributed by atoms with Crippen LogP contribution in [0.5, 0.6) is 0 Å². The van der Waals surface area contributed by atoms with Crippen LogP contribution in [0.15, 0.2) is 83.0 Å². The fraction of sp³-hybridized carbons (Fsp3) is 0.0400. The maximum absolute atomic E-state index is 12.9. The van der Waals surface area contributed by atoms with Crippen molar-refractivity contribution in [1.82, 2.24) is 10.2 Å². The first-order chi connectivity index (χ1) is 16.3. The molecule has 7 nitrogen and oxygen atoms in total. The third-order valence-electron chi connectivity index (χ3n) is 4.96. The van der Waals surface area contributed by atoms with Crippen LogP contribution in [-0.4, -0.2) is 35.3 Å². The lowest BCUT2D eigenvalue weighted by Gasteiger charge is -2.15. The van der Waals surface area contributed by atoms with Crippen molar-refractivity contribution in [2.75, 3.05) is 6.73 Å². The molecular weight excluding hydrogens is 524 g/mol. The molecule has 1 heterocycles. The first kappa shape index (κ1) is 23.4. The molecule has 0 aromatic heterocycles. The molecule has 0 bridgehead atoms. The number of fused-ring (bicyclic) bond motifs is 1. The van der Waals surface area contributed by atoms with Crippen LogP contribution in [0, 0.1) is 0 Å². The van der Waals surface area contributed by atoms with Gasteiger partial charge in [0, 0.05) is 15.1 Å². The molecule has 0 unspecified atom stereocenters. The van der Waals surface area contributed by atoms with Crippen molar-refractivity contribution in [2.24, 2.45) is 0 Å². The molecule has 0 saturated carbocycles. The van der Waals surface area contributed by atoms with Crippen LogP contribution in [0.3, 0.4) is 0 Å². The van der Waals surface area contributed by atoms with Crippen molar-refractivity contribution >= 4 is 57.3 Å². The molecular formula is C25H16BrClN2O5. The normalized spacial score (nSPS) is 13.0. The number of ether oxygens (including phenoxy) is 1. The van der Waals surface area contributed by atoms with E-state index >= 15 is 0 Å². The second-order valence-corrected chi connectivity index (χ2v) is 8.57. The van der Waals surface area contributed by atoms with Gasteiger partial charge >= 0.3 is 5.97 Å². The highest BCUT2D eigenvalue weighted by molar-refractivity contribution is 9.10. The number of carbonyl (C=O) groups is 4. The first-order valence-corrected chi connectivity index (χ1v) is 11.2. The Labute approximate surface area is 208 Å². The molecule has 1 aliphatic heterocycles. The van der Waals surface area contributed by atoms with Crippen molar-refractivity contribution in [3.05, 3.63) is 110 Å². The summed E-state index contributed by atoms with van der Waals surface area (Å²) in [6.07, 6.45) is 1.41. The van der Waals surface area contributed by atoms with Crippen molar-refractivity contribution in [3.8, 4) is 0 Å². The number of amides is 3. The Morgan fingerprint density at radius 1 is 0.912 bits per heavy atom. The second kappa shape index (κ2) is 10.0. The summed E-state index contributed by atoms with van der Waals surface area (Å²) < 4.78 is 6.03. The average molecular weight is 540 g/mol. The molecule has 3 aromatic rings. The number of rotatable bonds is 6. The number of benzene rings is 3. The minimum Gasteiger partial charge on any atom is -0.439 e. The Kier molecular flexibility index (Phi) is 6.90. The summed E-state index contributed by atoms with van der Waals surface area (Å²) in [5, 5.41) is 3.05. The summed E-state index contributed by atoms with van der Waals surface area (Å²) in [7, 11) is 0. The van der Waals surface area contributed by atoms with Gasteiger partial charge < -0.3 is 10.1 Å². The smallest absolute Gasteiger partial charge is 0.356 e. The summed E-state index contributed by atoms with van der Waals surface area (Å²) in [5.74, 6) is -2.58. The van der Waals surface area contributed by atoms with Gasteiger partial charge in [-0.1, -0.05) is 51.8 Å². The molecule has 34 heavy (non-hydrogen) atoms. The molecule has 4 rings (SSSR count). The molecule has 0 fully saturated rings. The van der Waals surface area contributed by atoms with E-state index < -0.39 is 30.4 Å². The lowest BCUT2D eigenvalue weighted by Crippen LogP contribution is -2.35. The van der Waals surface area contributed by atoms with Crippen LogP contribution in [0.25, 0.3) is 6.08 Å². The van der Waals surface area contributed by atoms with Gasteiger partial charge in [-0.05, 0) is 60.2 Å². The van der Waals surface area contributed by atoms with Crippen LogP contribution in [-0.2, 0) is 9.53 Å². The number of halogens is 2. The van der Waals surface area contributed by atoms with E-state index in [2.05, 4.69) is 21.2 Å². The maximum atomic E-state index is 12.9. The number of hydrogen-bond acceptors (Lipinski definition) is 5. The van der Waals surface area contributed by atoms with E-state index in [1.54, 1.807) is 60.7 Å². The Bertz CT molecular complexity index is 1280. The number of carbonyl (C=O) groups excluding carboxylic acids is 4. The molecule has 1 N–H and O–H groups in total. The molecule has 170 valence electrons. The van der Waals surface area contributed by atoms with Gasteiger partial charge in [0.05, 0.1) is 11.1 Å². The molecule has 0 saturated heterocycles. The van der Waals surface area contributed by atoms with Gasteiger partial charge in [0.25, 0.3) is 17.7 Å². The van der Waals surface area contributed by atoms with Gasteiger partial charge in [-0.25, -0.2) is 9.69 Å². The zero-order valence-corrected chi connectivity index (χ0v) is 19.8. The predicted molar refractivity (Wildman–Crippen MR) is 129 cm³/mol. The van der Waals surface area contributed by atoms with Gasteiger partial charge in [0.2, 0.25) is 0 Å². The monoisotopic (exact) mass is 538 g/mol. The summed E-state index contributed by atoms with van der Waals surface area (Å²) >= 11 is 9.23. The molecule has 1 aliphatic rings. The molecule has 0 radical (unpaired) electrons. The molecule has 3 aromatic carbocycles. The highest BCUT2D eigenvalue weighted by Crippen LogP contribution is 2.22. The molecule has 3 amide bonds. The van der Waals surface area contributed by atoms with Gasteiger partial charge in [0.1, 0.15) is 5.70 Å². The van der Waals surface area contributed by atoms with Crippen molar-refractivity contribution < 1.29 is 23.9 Å². The van der Waals surface area contributed by atoms with E-state index in [1.807, 2.05) is 0 Å². The van der Waals surface area contributed by atoms with E-state index in [4.69, 9.17) is 16.3 Å². The van der Waals surface area contributed by atoms with Crippen LogP contribution >= 0.6 is 27.5 Å². The standard InChI is InChI=1S/C25H16BrClN2O5/c26-17-9-7-16(8-10-17)22(30)28-21(13-15-5-11-18(27)12-6-15)25(33)34-14-29-23(31)19-3-1-2-4-20(19)24(29)32/h1-13H,14H2,(H,28,30)/b21-13-. The topological polar surface area (TPSA) is 92.8 Å². The second-order valence-electron chi connectivity index (χ2n) is 7.22. The van der Waals surface area contributed by atoms with Gasteiger partial charge in [-0.15, -0.1) is 0 Å². The minimum atomic E-state index is -0.919. The van der Waals surface area contributed by atoms with E-state index in [0.29, 0.717) is 16.1 Å². The molecule has 9 heteroatoms. The Balaban J connectivity index is 1.53. The van der Waals surface area contributed by atoms with Crippen LogP contribution in [0.1, 0.15) is 36.6 Å². The van der Waals surface area contributed by atoms with Gasteiger partial charge in [0.15, 0.2) is 6.73 Å². The third-order valence-corrected chi connectivity index (χ3v) is 5.74. The highest BCUT2D eigenvalue weighted by Gasteiger charge is 2.36. The molecule has 0 atom stereocenters. The number of esters is 1. The quantitative estimate of drug-likeness (QED) is 0.279. The SMILES string of the molecule is O=C(OCN1C(=O)c2ccccc2C1=O)/C(=C/c1ccc(Cl)cc1)NC(=O)c1ccc(Br)cc1. The lowest BCUT2D eigenvalue weighted by molar-refractivity contribution is -0.141. The highest BCUT2D eigenvalue weighted by atomic mass is 79.9. The average Bonchev–Trinajstić information content (AvgIpc) is 3.08. The van der Waals surface area contributed by atoms with Crippen molar-refractivity contribution in [3.63, 3.8) is 0 Å².